The number of aromatic nitrogens is 4. The van der Waals surface area contributed by atoms with Crippen molar-refractivity contribution in [2.75, 3.05) is 30.5 Å². The van der Waals surface area contributed by atoms with Gasteiger partial charge in [-0.15, -0.1) is 0 Å². The first kappa shape index (κ1) is 23.1. The summed E-state index contributed by atoms with van der Waals surface area (Å²) < 4.78 is 13.0. The van der Waals surface area contributed by atoms with Gasteiger partial charge in [-0.25, -0.2) is 4.98 Å². The number of fused-ring (bicyclic) bond motifs is 2. The Labute approximate surface area is 195 Å². The van der Waals surface area contributed by atoms with Crippen molar-refractivity contribution in [1.82, 2.24) is 24.4 Å². The Morgan fingerprint density at radius 2 is 1.76 bits per heavy atom. The minimum absolute atomic E-state index is 0.247. The van der Waals surface area contributed by atoms with Crippen LogP contribution in [0.25, 0.3) is 11.2 Å². The van der Waals surface area contributed by atoms with Gasteiger partial charge in [-0.1, -0.05) is 6.07 Å². The quantitative estimate of drug-likeness (QED) is 0.470. The zero-order valence-corrected chi connectivity index (χ0v) is 20.4. The lowest BCUT2D eigenvalue weighted by molar-refractivity contribution is 0.174. The molecule has 0 aliphatic carbocycles. The molecule has 1 aliphatic heterocycles. The lowest BCUT2D eigenvalue weighted by Gasteiger charge is -2.30. The molecule has 0 unspecified atom stereocenters. The fourth-order valence-corrected chi connectivity index (χ4v) is 4.14. The predicted molar refractivity (Wildman–Crippen MR) is 131 cm³/mol. The van der Waals surface area contributed by atoms with Crippen LogP contribution in [0.3, 0.4) is 0 Å². The lowest BCUT2D eigenvalue weighted by atomic mass is 10.2. The van der Waals surface area contributed by atoms with Crippen LogP contribution >= 0.6 is 0 Å². The van der Waals surface area contributed by atoms with E-state index in [2.05, 4.69) is 66.6 Å². The number of nitrogens with one attached hydrogen (secondary N) is 2. The second kappa shape index (κ2) is 9.82. The van der Waals surface area contributed by atoms with Gasteiger partial charge in [0.1, 0.15) is 0 Å². The van der Waals surface area contributed by atoms with Crippen LogP contribution in [0.15, 0.2) is 24.5 Å². The van der Waals surface area contributed by atoms with Gasteiger partial charge >= 0.3 is 0 Å². The number of imidazole rings is 1. The van der Waals surface area contributed by atoms with Crippen molar-refractivity contribution in [3.8, 4) is 11.5 Å². The smallest absolute Gasteiger partial charge is 0.231 e. The summed E-state index contributed by atoms with van der Waals surface area (Å²) in [7, 11) is 0. The van der Waals surface area contributed by atoms with Crippen molar-refractivity contribution in [2.24, 2.45) is 0 Å². The summed E-state index contributed by atoms with van der Waals surface area (Å²) in [6.07, 6.45) is 1.84. The van der Waals surface area contributed by atoms with Gasteiger partial charge in [0.05, 0.1) is 6.33 Å². The van der Waals surface area contributed by atoms with E-state index >= 15 is 0 Å². The van der Waals surface area contributed by atoms with E-state index in [1.165, 1.54) is 0 Å². The molecule has 1 aliphatic rings. The van der Waals surface area contributed by atoms with Gasteiger partial charge in [0.25, 0.3) is 0 Å². The van der Waals surface area contributed by atoms with Crippen molar-refractivity contribution < 1.29 is 9.47 Å². The SMILES string of the molecule is CC(C)N(CCNc1nc(NCc2ccc3c(c2)OCO3)nc2c1ncn2C(C)C)C(C)C. The standard InChI is InChI=1S/C24H35N7O2/c1-15(2)30(16(3)4)10-9-25-22-21-23(31(13-27-21)17(5)6)29-24(28-22)26-12-18-7-8-19-20(11-18)33-14-32-19/h7-8,11,13,15-17H,9-10,12,14H2,1-6H3,(H2,25,26,28,29). The summed E-state index contributed by atoms with van der Waals surface area (Å²) in [5.74, 6) is 2.86. The third-order valence-electron chi connectivity index (χ3n) is 5.85. The fourth-order valence-electron chi connectivity index (χ4n) is 4.14. The van der Waals surface area contributed by atoms with Crippen LogP contribution in [0.5, 0.6) is 11.5 Å². The van der Waals surface area contributed by atoms with E-state index in [1.54, 1.807) is 0 Å². The maximum atomic E-state index is 5.49. The van der Waals surface area contributed by atoms with Gasteiger partial charge < -0.3 is 24.7 Å². The van der Waals surface area contributed by atoms with Crippen LogP contribution in [0.2, 0.25) is 0 Å². The van der Waals surface area contributed by atoms with Gasteiger partial charge in [0.2, 0.25) is 12.7 Å². The van der Waals surface area contributed by atoms with Gasteiger partial charge in [-0.2, -0.15) is 9.97 Å². The highest BCUT2D eigenvalue weighted by atomic mass is 16.7. The first-order valence-corrected chi connectivity index (χ1v) is 11.7. The molecule has 9 heteroatoms. The Morgan fingerprint density at radius 1 is 1.00 bits per heavy atom. The van der Waals surface area contributed by atoms with E-state index in [9.17, 15) is 0 Å². The minimum atomic E-state index is 0.247. The second-order valence-corrected chi connectivity index (χ2v) is 9.21. The number of rotatable bonds is 10. The molecule has 0 saturated carbocycles. The van der Waals surface area contributed by atoms with E-state index in [0.29, 0.717) is 24.6 Å². The van der Waals surface area contributed by atoms with E-state index in [4.69, 9.17) is 19.4 Å². The molecular weight excluding hydrogens is 418 g/mol. The summed E-state index contributed by atoms with van der Waals surface area (Å²) in [5.41, 5.74) is 2.68. The molecule has 0 bridgehead atoms. The molecule has 9 nitrogen and oxygen atoms in total. The Balaban J connectivity index is 1.54. The first-order chi connectivity index (χ1) is 15.8. The monoisotopic (exact) mass is 453 g/mol. The Morgan fingerprint density at radius 3 is 2.48 bits per heavy atom. The largest absolute Gasteiger partial charge is 0.454 e. The zero-order valence-electron chi connectivity index (χ0n) is 20.4. The number of hydrogen-bond acceptors (Lipinski definition) is 8. The lowest BCUT2D eigenvalue weighted by Crippen LogP contribution is -2.40. The van der Waals surface area contributed by atoms with E-state index in [1.807, 2.05) is 24.5 Å². The van der Waals surface area contributed by atoms with Crippen LogP contribution in [0.4, 0.5) is 11.8 Å². The second-order valence-electron chi connectivity index (χ2n) is 9.21. The molecule has 1 aromatic carbocycles. The van der Waals surface area contributed by atoms with E-state index in [0.717, 1.165) is 47.1 Å². The topological polar surface area (TPSA) is 89.4 Å². The molecule has 178 valence electrons. The third-order valence-corrected chi connectivity index (χ3v) is 5.85. The average Bonchev–Trinajstić information content (AvgIpc) is 3.41. The molecule has 3 aromatic rings. The normalized spacial score (nSPS) is 13.2. The number of anilines is 2. The van der Waals surface area contributed by atoms with Gasteiger partial charge in [0.15, 0.2) is 28.5 Å². The molecule has 2 aromatic heterocycles. The Kier molecular flexibility index (Phi) is 6.88. The molecule has 0 amide bonds. The predicted octanol–water partition coefficient (Wildman–Crippen LogP) is 4.28. The highest BCUT2D eigenvalue weighted by molar-refractivity contribution is 5.84. The maximum absolute atomic E-state index is 5.49. The molecule has 0 radical (unpaired) electrons. The summed E-state index contributed by atoms with van der Waals surface area (Å²) >= 11 is 0. The Hall–Kier alpha value is -3.07. The summed E-state index contributed by atoms with van der Waals surface area (Å²) in [4.78, 5) is 16.6. The summed E-state index contributed by atoms with van der Waals surface area (Å²) in [6.45, 7) is 15.7. The van der Waals surface area contributed by atoms with E-state index in [-0.39, 0.29) is 12.8 Å². The first-order valence-electron chi connectivity index (χ1n) is 11.7. The van der Waals surface area contributed by atoms with Crippen LogP contribution < -0.4 is 20.1 Å². The molecule has 0 atom stereocenters. The third kappa shape index (κ3) is 5.13. The summed E-state index contributed by atoms with van der Waals surface area (Å²) in [6, 6.07) is 7.14. The molecule has 4 rings (SSSR count). The number of ether oxygens (including phenoxy) is 2. The highest BCUT2D eigenvalue weighted by Crippen LogP contribution is 2.32. The molecule has 2 N–H and O–H groups in total. The minimum Gasteiger partial charge on any atom is -0.454 e. The molecule has 0 saturated heterocycles. The maximum Gasteiger partial charge on any atom is 0.231 e. The van der Waals surface area contributed by atoms with Crippen LogP contribution in [0.1, 0.15) is 53.1 Å². The van der Waals surface area contributed by atoms with Crippen LogP contribution in [0, 0.1) is 0 Å². The van der Waals surface area contributed by atoms with Gasteiger partial charge in [0, 0.05) is 37.8 Å². The van der Waals surface area contributed by atoms with Crippen molar-refractivity contribution in [3.05, 3.63) is 30.1 Å². The Bertz CT molecular complexity index is 1090. The number of benzene rings is 1. The molecule has 0 spiro atoms. The summed E-state index contributed by atoms with van der Waals surface area (Å²) in [5, 5.41) is 6.87. The van der Waals surface area contributed by atoms with Gasteiger partial charge in [-0.05, 0) is 59.2 Å². The van der Waals surface area contributed by atoms with Crippen molar-refractivity contribution in [2.45, 2.75) is 66.2 Å². The zero-order chi connectivity index (χ0) is 23.5. The van der Waals surface area contributed by atoms with Crippen molar-refractivity contribution >= 4 is 22.9 Å². The van der Waals surface area contributed by atoms with Crippen LogP contribution in [-0.2, 0) is 6.54 Å². The average molecular weight is 454 g/mol. The fraction of sp³-hybridized carbons (Fsp3) is 0.542. The highest BCUT2D eigenvalue weighted by Gasteiger charge is 2.17. The van der Waals surface area contributed by atoms with Crippen LogP contribution in [-0.4, -0.2) is 56.4 Å². The molecule has 3 heterocycles. The molecule has 33 heavy (non-hydrogen) atoms. The van der Waals surface area contributed by atoms with E-state index < -0.39 is 0 Å². The van der Waals surface area contributed by atoms with Crippen molar-refractivity contribution in [3.63, 3.8) is 0 Å². The molecular formula is C24H35N7O2. The van der Waals surface area contributed by atoms with Crippen molar-refractivity contribution in [1.29, 1.82) is 0 Å². The number of nitrogens with zero attached hydrogens (tertiary/aromatic N) is 5. The van der Waals surface area contributed by atoms with Gasteiger partial charge in [-0.3, -0.25) is 4.90 Å². The number of hydrogen-bond donors (Lipinski definition) is 2. The molecule has 0 fully saturated rings.